The van der Waals surface area contributed by atoms with E-state index in [0.717, 1.165) is 5.56 Å². The summed E-state index contributed by atoms with van der Waals surface area (Å²) in [6, 6.07) is 5.62. The minimum Gasteiger partial charge on any atom is -0.289 e. The van der Waals surface area contributed by atoms with Gasteiger partial charge in [0, 0.05) is 16.7 Å². The Morgan fingerprint density at radius 3 is 1.90 bits per heavy atom. The first-order valence-electron chi connectivity index (χ1n) is 6.97. The van der Waals surface area contributed by atoms with Crippen molar-refractivity contribution >= 4 is 11.6 Å². The minimum absolute atomic E-state index is 0.0208. The van der Waals surface area contributed by atoms with Gasteiger partial charge in [-0.1, -0.05) is 53.7 Å². The highest BCUT2D eigenvalue weighted by atomic mass is 16.1. The second-order valence-corrected chi connectivity index (χ2v) is 7.51. The van der Waals surface area contributed by atoms with Gasteiger partial charge in [-0.15, -0.1) is 0 Å². The fourth-order valence-electron chi connectivity index (χ4n) is 2.39. The van der Waals surface area contributed by atoms with Crippen LogP contribution in [0.4, 0.5) is 0 Å². The molecule has 0 fully saturated rings. The summed E-state index contributed by atoms with van der Waals surface area (Å²) in [5, 5.41) is 0. The molecule has 1 aliphatic carbocycles. The van der Waals surface area contributed by atoms with Gasteiger partial charge in [-0.3, -0.25) is 9.59 Å². The zero-order valence-corrected chi connectivity index (χ0v) is 13.1. The zero-order chi connectivity index (χ0) is 15.3. The minimum atomic E-state index is -0.312. The van der Waals surface area contributed by atoms with Crippen LogP contribution in [0.5, 0.6) is 0 Å². The van der Waals surface area contributed by atoms with Crippen molar-refractivity contribution in [2.75, 3.05) is 0 Å². The lowest BCUT2D eigenvalue weighted by atomic mass is 9.75. The maximum Gasteiger partial charge on any atom is 0.190 e. The van der Waals surface area contributed by atoms with Crippen LogP contribution in [-0.4, -0.2) is 11.6 Å². The number of ketones is 2. The van der Waals surface area contributed by atoms with Crippen LogP contribution in [0.1, 0.15) is 67.8 Å². The van der Waals surface area contributed by atoms with Gasteiger partial charge < -0.3 is 0 Å². The van der Waals surface area contributed by atoms with Crippen LogP contribution >= 0.6 is 0 Å². The third-order valence-corrected chi connectivity index (χ3v) is 3.72. The van der Waals surface area contributed by atoms with Crippen LogP contribution < -0.4 is 0 Å². The van der Waals surface area contributed by atoms with Gasteiger partial charge in [0.2, 0.25) is 0 Å². The third kappa shape index (κ3) is 2.47. The summed E-state index contributed by atoms with van der Waals surface area (Å²) in [6.07, 6.45) is 1.51. The lowest BCUT2D eigenvalue weighted by Gasteiger charge is -2.27. The Balaban J connectivity index is 2.59. The number of hydrogen-bond donors (Lipinski definition) is 0. The van der Waals surface area contributed by atoms with E-state index in [0.29, 0.717) is 16.7 Å². The molecule has 1 aromatic rings. The molecule has 106 valence electrons. The molecular weight excluding hydrogens is 248 g/mol. The maximum absolute atomic E-state index is 12.5. The van der Waals surface area contributed by atoms with E-state index in [1.807, 2.05) is 32.9 Å². The molecule has 0 saturated heterocycles. The van der Waals surface area contributed by atoms with Gasteiger partial charge in [0.1, 0.15) is 0 Å². The highest BCUT2D eigenvalue weighted by Gasteiger charge is 2.32. The summed E-state index contributed by atoms with van der Waals surface area (Å²) >= 11 is 0. The van der Waals surface area contributed by atoms with Crippen molar-refractivity contribution in [3.8, 4) is 0 Å². The second kappa shape index (κ2) is 4.41. The van der Waals surface area contributed by atoms with Crippen molar-refractivity contribution in [1.82, 2.24) is 0 Å². The SMILES string of the molecule is CC(C)(C)C1=CC(=O)c2cc(C(C)(C)C)ccc2C1=O. The van der Waals surface area contributed by atoms with Crippen molar-refractivity contribution in [2.24, 2.45) is 5.41 Å². The Kier molecular flexibility index (Phi) is 3.24. The summed E-state index contributed by atoms with van der Waals surface area (Å²) in [5.74, 6) is -0.0804. The third-order valence-electron chi connectivity index (χ3n) is 3.72. The molecular formula is C18H22O2. The number of carbonyl (C=O) groups is 2. The van der Waals surface area contributed by atoms with Crippen LogP contribution in [-0.2, 0) is 5.41 Å². The Morgan fingerprint density at radius 1 is 0.800 bits per heavy atom. The maximum atomic E-state index is 12.5. The molecule has 0 saturated carbocycles. The number of rotatable bonds is 0. The molecule has 1 aliphatic rings. The molecule has 20 heavy (non-hydrogen) atoms. The van der Waals surface area contributed by atoms with Gasteiger partial charge in [0.25, 0.3) is 0 Å². The second-order valence-electron chi connectivity index (χ2n) is 7.51. The predicted molar refractivity (Wildman–Crippen MR) is 81.3 cm³/mol. The molecule has 0 heterocycles. The largest absolute Gasteiger partial charge is 0.289 e. The molecule has 0 unspecified atom stereocenters. The summed E-state index contributed by atoms with van der Waals surface area (Å²) in [4.78, 5) is 24.9. The van der Waals surface area contributed by atoms with Crippen molar-refractivity contribution in [1.29, 1.82) is 0 Å². The molecule has 1 aromatic carbocycles. The first kappa shape index (κ1) is 14.7. The fraction of sp³-hybridized carbons (Fsp3) is 0.444. The van der Waals surface area contributed by atoms with Crippen molar-refractivity contribution < 1.29 is 9.59 Å². The Labute approximate surface area is 120 Å². The molecule has 0 spiro atoms. The standard InChI is InChI=1S/C18H22O2/c1-17(2,3)11-7-8-12-13(9-11)15(19)10-14(16(12)20)18(4,5)6/h7-10H,1-6H3. The Hall–Kier alpha value is -1.70. The van der Waals surface area contributed by atoms with Gasteiger partial charge in [0.15, 0.2) is 11.6 Å². The fourth-order valence-corrected chi connectivity index (χ4v) is 2.39. The number of fused-ring (bicyclic) bond motifs is 1. The average Bonchev–Trinajstić information content (AvgIpc) is 2.30. The van der Waals surface area contributed by atoms with Crippen LogP contribution in [0.25, 0.3) is 0 Å². The number of carbonyl (C=O) groups excluding carboxylic acids is 2. The highest BCUT2D eigenvalue weighted by Crippen LogP contribution is 2.34. The van der Waals surface area contributed by atoms with E-state index >= 15 is 0 Å². The lowest BCUT2D eigenvalue weighted by Crippen LogP contribution is -2.26. The normalized spacial score (nSPS) is 16.0. The van der Waals surface area contributed by atoms with Gasteiger partial charge in [-0.25, -0.2) is 0 Å². The smallest absolute Gasteiger partial charge is 0.190 e. The molecule has 0 radical (unpaired) electrons. The van der Waals surface area contributed by atoms with E-state index < -0.39 is 0 Å². The highest BCUT2D eigenvalue weighted by molar-refractivity contribution is 6.25. The molecule has 0 aromatic heterocycles. The molecule has 0 aliphatic heterocycles. The Bertz CT molecular complexity index is 620. The molecule has 2 heteroatoms. The van der Waals surface area contributed by atoms with Crippen molar-refractivity contribution in [3.63, 3.8) is 0 Å². The van der Waals surface area contributed by atoms with Gasteiger partial charge in [0.05, 0.1) is 0 Å². The summed E-state index contributed by atoms with van der Waals surface area (Å²) in [5.41, 5.74) is 2.40. The van der Waals surface area contributed by atoms with Crippen LogP contribution in [0.3, 0.4) is 0 Å². The van der Waals surface area contributed by atoms with Crippen molar-refractivity contribution in [2.45, 2.75) is 47.0 Å². The molecule has 2 rings (SSSR count). The Morgan fingerprint density at radius 2 is 1.40 bits per heavy atom. The monoisotopic (exact) mass is 270 g/mol. The predicted octanol–water partition coefficient (Wildman–Crippen LogP) is 4.34. The lowest BCUT2D eigenvalue weighted by molar-refractivity contribution is 0.0967. The number of hydrogen-bond acceptors (Lipinski definition) is 2. The summed E-state index contributed by atoms with van der Waals surface area (Å²) in [6.45, 7) is 12.2. The summed E-state index contributed by atoms with van der Waals surface area (Å²) < 4.78 is 0. The van der Waals surface area contributed by atoms with E-state index in [2.05, 4.69) is 20.8 Å². The quantitative estimate of drug-likeness (QED) is 0.703. The van der Waals surface area contributed by atoms with Crippen LogP contribution in [0.2, 0.25) is 0 Å². The number of allylic oxidation sites excluding steroid dienone is 2. The van der Waals surface area contributed by atoms with Crippen molar-refractivity contribution in [3.05, 3.63) is 46.5 Å². The van der Waals surface area contributed by atoms with Crippen LogP contribution in [0.15, 0.2) is 29.8 Å². The van der Waals surface area contributed by atoms with Crippen LogP contribution in [0, 0.1) is 5.41 Å². The van der Waals surface area contributed by atoms with Gasteiger partial charge in [-0.2, -0.15) is 0 Å². The molecule has 0 N–H and O–H groups in total. The van der Waals surface area contributed by atoms with E-state index in [1.165, 1.54) is 6.08 Å². The first-order valence-corrected chi connectivity index (χ1v) is 6.97. The molecule has 0 bridgehead atoms. The number of Topliss-reactive ketones (excluding diaryl/α,β-unsaturated/α-hetero) is 1. The van der Waals surface area contributed by atoms with E-state index in [-0.39, 0.29) is 22.4 Å². The molecule has 0 amide bonds. The zero-order valence-electron chi connectivity index (χ0n) is 13.1. The molecule has 2 nitrogen and oxygen atoms in total. The molecule has 0 atom stereocenters. The topological polar surface area (TPSA) is 34.1 Å². The first-order chi connectivity index (χ1) is 9.01. The average molecular weight is 270 g/mol. The van der Waals surface area contributed by atoms with Gasteiger partial charge >= 0.3 is 0 Å². The van der Waals surface area contributed by atoms with E-state index in [4.69, 9.17) is 0 Å². The van der Waals surface area contributed by atoms with Gasteiger partial charge in [-0.05, 0) is 28.5 Å². The van der Waals surface area contributed by atoms with E-state index in [1.54, 1.807) is 6.07 Å². The van der Waals surface area contributed by atoms with E-state index in [9.17, 15) is 9.59 Å². The number of benzene rings is 1. The summed E-state index contributed by atoms with van der Waals surface area (Å²) in [7, 11) is 0.